The summed E-state index contributed by atoms with van der Waals surface area (Å²) < 4.78 is 11.3. The number of rotatable bonds is 3. The van der Waals surface area contributed by atoms with E-state index >= 15 is 0 Å². The van der Waals surface area contributed by atoms with Gasteiger partial charge in [-0.3, -0.25) is 0 Å². The first-order chi connectivity index (χ1) is 8.83. The van der Waals surface area contributed by atoms with Crippen LogP contribution in [-0.4, -0.2) is 0 Å². The van der Waals surface area contributed by atoms with Gasteiger partial charge in [0.15, 0.2) is 0 Å². The number of para-hydroxylation sites is 1. The van der Waals surface area contributed by atoms with Crippen LogP contribution in [0, 0.1) is 6.92 Å². The lowest BCUT2D eigenvalue weighted by Gasteiger charge is -2.05. The summed E-state index contributed by atoms with van der Waals surface area (Å²) >= 11 is 0. The molecule has 0 fully saturated rings. The minimum atomic E-state index is 0.528. The molecule has 0 unspecified atom stereocenters. The predicted octanol–water partition coefficient (Wildman–Crippen LogP) is 4.32. The SMILES string of the molecule is Cc1cccc(OCc2coc3ccccc23)c1. The van der Waals surface area contributed by atoms with E-state index in [2.05, 4.69) is 13.0 Å². The minimum Gasteiger partial charge on any atom is -0.489 e. The molecule has 0 atom stereocenters. The third-order valence-electron chi connectivity index (χ3n) is 2.95. The topological polar surface area (TPSA) is 22.4 Å². The molecule has 2 aromatic carbocycles. The van der Waals surface area contributed by atoms with Gasteiger partial charge in [0.2, 0.25) is 0 Å². The van der Waals surface area contributed by atoms with Gasteiger partial charge >= 0.3 is 0 Å². The Balaban J connectivity index is 1.81. The van der Waals surface area contributed by atoms with E-state index in [1.54, 1.807) is 6.26 Å². The maximum atomic E-state index is 5.78. The van der Waals surface area contributed by atoms with E-state index in [0.717, 1.165) is 22.3 Å². The second kappa shape index (κ2) is 4.57. The highest BCUT2D eigenvalue weighted by molar-refractivity contribution is 5.80. The van der Waals surface area contributed by atoms with Crippen LogP contribution in [0.25, 0.3) is 11.0 Å². The van der Waals surface area contributed by atoms with Gasteiger partial charge < -0.3 is 9.15 Å². The van der Waals surface area contributed by atoms with Crippen molar-refractivity contribution in [2.75, 3.05) is 0 Å². The summed E-state index contributed by atoms with van der Waals surface area (Å²) in [6.45, 7) is 2.58. The molecule has 1 heterocycles. The van der Waals surface area contributed by atoms with E-state index in [4.69, 9.17) is 9.15 Å². The fourth-order valence-corrected chi connectivity index (χ4v) is 2.01. The molecule has 0 spiro atoms. The Kier molecular flexibility index (Phi) is 2.77. The van der Waals surface area contributed by atoms with Crippen molar-refractivity contribution in [3.63, 3.8) is 0 Å². The summed E-state index contributed by atoms with van der Waals surface area (Å²) in [6.07, 6.45) is 1.76. The fraction of sp³-hybridized carbons (Fsp3) is 0.125. The number of hydrogen-bond donors (Lipinski definition) is 0. The zero-order chi connectivity index (χ0) is 12.4. The van der Waals surface area contributed by atoms with Crippen LogP contribution in [-0.2, 0) is 6.61 Å². The van der Waals surface area contributed by atoms with Crippen molar-refractivity contribution in [1.82, 2.24) is 0 Å². The first-order valence-electron chi connectivity index (χ1n) is 5.97. The van der Waals surface area contributed by atoms with Crippen molar-refractivity contribution in [2.45, 2.75) is 13.5 Å². The van der Waals surface area contributed by atoms with E-state index in [0.29, 0.717) is 6.61 Å². The second-order valence-electron chi connectivity index (χ2n) is 4.36. The van der Waals surface area contributed by atoms with Gasteiger partial charge in [0.1, 0.15) is 17.9 Å². The Morgan fingerprint density at radius 2 is 1.94 bits per heavy atom. The zero-order valence-electron chi connectivity index (χ0n) is 10.2. The summed E-state index contributed by atoms with van der Waals surface area (Å²) in [5.41, 5.74) is 3.18. The van der Waals surface area contributed by atoms with E-state index in [9.17, 15) is 0 Å². The molecular formula is C16H14O2. The molecule has 0 aliphatic rings. The summed E-state index contributed by atoms with van der Waals surface area (Å²) in [5, 5.41) is 1.12. The molecule has 0 N–H and O–H groups in total. The molecule has 1 aromatic heterocycles. The average molecular weight is 238 g/mol. The number of ether oxygens (including phenoxy) is 1. The van der Waals surface area contributed by atoms with Gasteiger partial charge in [-0.1, -0.05) is 30.3 Å². The molecule has 2 nitrogen and oxygen atoms in total. The van der Waals surface area contributed by atoms with Crippen molar-refractivity contribution in [2.24, 2.45) is 0 Å². The molecule has 0 saturated heterocycles. The zero-order valence-corrected chi connectivity index (χ0v) is 10.2. The predicted molar refractivity (Wildman–Crippen MR) is 71.7 cm³/mol. The molecule has 0 aliphatic heterocycles. The van der Waals surface area contributed by atoms with Gasteiger partial charge in [0.25, 0.3) is 0 Å². The molecular weight excluding hydrogens is 224 g/mol. The number of benzene rings is 2. The number of furan rings is 1. The number of aryl methyl sites for hydroxylation is 1. The highest BCUT2D eigenvalue weighted by Crippen LogP contribution is 2.22. The summed E-state index contributed by atoms with van der Waals surface area (Å²) in [5.74, 6) is 0.889. The van der Waals surface area contributed by atoms with Crippen LogP contribution in [0.15, 0.2) is 59.2 Å². The number of hydrogen-bond acceptors (Lipinski definition) is 2. The largest absolute Gasteiger partial charge is 0.489 e. The smallest absolute Gasteiger partial charge is 0.134 e. The molecule has 3 aromatic rings. The van der Waals surface area contributed by atoms with E-state index in [-0.39, 0.29) is 0 Å². The summed E-state index contributed by atoms with van der Waals surface area (Å²) in [7, 11) is 0. The fourth-order valence-electron chi connectivity index (χ4n) is 2.01. The molecule has 0 saturated carbocycles. The molecule has 90 valence electrons. The molecule has 0 aliphatic carbocycles. The van der Waals surface area contributed by atoms with Crippen LogP contribution >= 0.6 is 0 Å². The summed E-state index contributed by atoms with van der Waals surface area (Å²) in [6, 6.07) is 16.0. The standard InChI is InChI=1S/C16H14O2/c1-12-5-4-6-14(9-12)17-10-13-11-18-16-8-3-2-7-15(13)16/h2-9,11H,10H2,1H3. The van der Waals surface area contributed by atoms with E-state index in [1.807, 2.05) is 42.5 Å². The lowest BCUT2D eigenvalue weighted by molar-refractivity contribution is 0.306. The van der Waals surface area contributed by atoms with Crippen LogP contribution in [0.1, 0.15) is 11.1 Å². The van der Waals surface area contributed by atoms with Crippen molar-refractivity contribution < 1.29 is 9.15 Å². The normalized spacial score (nSPS) is 10.7. The molecule has 2 heteroatoms. The Morgan fingerprint density at radius 1 is 1.06 bits per heavy atom. The van der Waals surface area contributed by atoms with Crippen LogP contribution in [0.3, 0.4) is 0 Å². The first kappa shape index (κ1) is 10.9. The quantitative estimate of drug-likeness (QED) is 0.678. The van der Waals surface area contributed by atoms with Gasteiger partial charge in [-0.15, -0.1) is 0 Å². The second-order valence-corrected chi connectivity index (χ2v) is 4.36. The van der Waals surface area contributed by atoms with Gasteiger partial charge in [-0.2, -0.15) is 0 Å². The maximum absolute atomic E-state index is 5.78. The van der Waals surface area contributed by atoms with E-state index in [1.165, 1.54) is 5.56 Å². The van der Waals surface area contributed by atoms with Gasteiger partial charge in [0, 0.05) is 10.9 Å². The molecule has 0 amide bonds. The molecule has 3 rings (SSSR count). The lowest BCUT2D eigenvalue weighted by atomic mass is 10.2. The molecule has 0 radical (unpaired) electrons. The highest BCUT2D eigenvalue weighted by atomic mass is 16.5. The van der Waals surface area contributed by atoms with Gasteiger partial charge in [0.05, 0.1) is 6.26 Å². The molecule has 0 bridgehead atoms. The van der Waals surface area contributed by atoms with Crippen LogP contribution in [0.4, 0.5) is 0 Å². The first-order valence-corrected chi connectivity index (χ1v) is 5.97. The van der Waals surface area contributed by atoms with Crippen molar-refractivity contribution in [1.29, 1.82) is 0 Å². The van der Waals surface area contributed by atoms with Crippen LogP contribution in [0.2, 0.25) is 0 Å². The van der Waals surface area contributed by atoms with E-state index < -0.39 is 0 Å². The third kappa shape index (κ3) is 2.09. The third-order valence-corrected chi connectivity index (χ3v) is 2.95. The summed E-state index contributed by atoms with van der Waals surface area (Å²) in [4.78, 5) is 0. The Hall–Kier alpha value is -2.22. The van der Waals surface area contributed by atoms with Crippen molar-refractivity contribution in [3.05, 3.63) is 65.9 Å². The Bertz CT molecular complexity index is 667. The van der Waals surface area contributed by atoms with Gasteiger partial charge in [-0.25, -0.2) is 0 Å². The lowest BCUT2D eigenvalue weighted by Crippen LogP contribution is -1.94. The number of fused-ring (bicyclic) bond motifs is 1. The Labute approximate surface area is 106 Å². The molecule has 18 heavy (non-hydrogen) atoms. The average Bonchev–Trinajstić information content (AvgIpc) is 2.80. The van der Waals surface area contributed by atoms with Crippen molar-refractivity contribution in [3.8, 4) is 5.75 Å². The maximum Gasteiger partial charge on any atom is 0.134 e. The Morgan fingerprint density at radius 3 is 2.83 bits per heavy atom. The van der Waals surface area contributed by atoms with Crippen LogP contribution < -0.4 is 4.74 Å². The van der Waals surface area contributed by atoms with Crippen LogP contribution in [0.5, 0.6) is 5.75 Å². The monoisotopic (exact) mass is 238 g/mol. The van der Waals surface area contributed by atoms with Gasteiger partial charge in [-0.05, 0) is 30.7 Å². The minimum absolute atomic E-state index is 0.528. The van der Waals surface area contributed by atoms with Crippen molar-refractivity contribution >= 4 is 11.0 Å². The highest BCUT2D eigenvalue weighted by Gasteiger charge is 2.05.